The van der Waals surface area contributed by atoms with Crippen molar-refractivity contribution in [3.63, 3.8) is 0 Å². The quantitative estimate of drug-likeness (QED) is 0.0622. The van der Waals surface area contributed by atoms with E-state index in [-0.39, 0.29) is 24.7 Å². The van der Waals surface area contributed by atoms with E-state index in [1.807, 2.05) is 20.8 Å². The Hall–Kier alpha value is -2.06. The molecule has 520 valence electrons. The Labute approximate surface area is 519 Å². The van der Waals surface area contributed by atoms with Crippen LogP contribution in [0.4, 0.5) is 0 Å². The number of nitrogens with two attached hydrogens (primary N) is 1. The van der Waals surface area contributed by atoms with E-state index in [1.54, 1.807) is 0 Å². The summed E-state index contributed by atoms with van der Waals surface area (Å²) in [7, 11) is 0. The van der Waals surface area contributed by atoms with Crippen molar-refractivity contribution in [1.29, 1.82) is 0 Å². The Bertz CT molecular complexity index is 1340. The van der Waals surface area contributed by atoms with Gasteiger partial charge in [-0.25, -0.2) is 0 Å². The van der Waals surface area contributed by atoms with E-state index in [1.165, 1.54) is 0 Å². The first-order valence-electron chi connectivity index (χ1n) is 30.9. The molecule has 0 aromatic rings. The Morgan fingerprint density at radius 3 is 0.586 bits per heavy atom. The fourth-order valence-electron chi connectivity index (χ4n) is 6.19. The van der Waals surface area contributed by atoms with Crippen molar-refractivity contribution in [2.75, 3.05) is 330 Å². The molecule has 0 atom stereocenters. The minimum Gasteiger partial charge on any atom is -0.460 e. The summed E-state index contributed by atoms with van der Waals surface area (Å²) in [6.07, 6.45) is 0.476. The summed E-state index contributed by atoms with van der Waals surface area (Å²) < 4.78 is 137. The first-order valence-corrected chi connectivity index (χ1v) is 30.9. The normalized spacial score (nSPS) is 11.8. The summed E-state index contributed by atoms with van der Waals surface area (Å²) in [4.78, 5) is 23.6. The molecule has 0 fully saturated rings. The molecule has 0 aliphatic heterocycles. The van der Waals surface area contributed by atoms with Crippen LogP contribution in [0.15, 0.2) is 0 Å². The lowest BCUT2D eigenvalue weighted by Crippen LogP contribution is -2.28. The van der Waals surface area contributed by atoms with Gasteiger partial charge in [-0.05, 0) is 20.8 Å². The number of nitrogens with one attached hydrogen (secondary N) is 1. The topological polar surface area (TPSA) is 303 Å². The van der Waals surface area contributed by atoms with E-state index in [2.05, 4.69) is 5.32 Å². The highest BCUT2D eigenvalue weighted by Gasteiger charge is 2.15. The minimum absolute atomic E-state index is 0.106. The summed E-state index contributed by atoms with van der Waals surface area (Å²) in [6.45, 7) is 28.6. The second-order valence-electron chi connectivity index (χ2n) is 18.9. The summed E-state index contributed by atoms with van der Waals surface area (Å²) in [5.41, 5.74) is 4.86. The fourth-order valence-corrected chi connectivity index (χ4v) is 6.19. The van der Waals surface area contributed by atoms with Crippen LogP contribution in [0.2, 0.25) is 0 Å². The van der Waals surface area contributed by atoms with Gasteiger partial charge < -0.3 is 129 Å². The number of carbonyl (C=O) groups excluding carboxylic acids is 2. The predicted molar refractivity (Wildman–Crippen MR) is 317 cm³/mol. The Kier molecular flexibility index (Phi) is 72.9. The lowest BCUT2D eigenvalue weighted by atomic mass is 10.2. The number of carbonyl (C=O) groups is 2. The maximum absolute atomic E-state index is 12.0. The third-order valence-corrected chi connectivity index (χ3v) is 10.4. The minimum atomic E-state index is -0.486. The highest BCUT2D eigenvalue weighted by atomic mass is 16.6. The molecule has 29 heteroatoms. The molecular formula is C58H116N2O27. The van der Waals surface area contributed by atoms with Crippen LogP contribution in [0.1, 0.15) is 33.6 Å². The highest BCUT2D eigenvalue weighted by Crippen LogP contribution is 2.08. The lowest BCUT2D eigenvalue weighted by Gasteiger charge is -2.19. The highest BCUT2D eigenvalue weighted by molar-refractivity contribution is 5.75. The van der Waals surface area contributed by atoms with Gasteiger partial charge >= 0.3 is 5.97 Å². The van der Waals surface area contributed by atoms with E-state index < -0.39 is 5.60 Å². The first-order chi connectivity index (χ1) is 42.8. The van der Waals surface area contributed by atoms with E-state index in [0.29, 0.717) is 330 Å². The molecule has 0 aliphatic carbocycles. The molecule has 0 saturated carbocycles. The average molecular weight is 1270 g/mol. The maximum atomic E-state index is 12.0. The van der Waals surface area contributed by atoms with Crippen LogP contribution in [-0.4, -0.2) is 348 Å². The van der Waals surface area contributed by atoms with E-state index in [4.69, 9.17) is 124 Å². The zero-order valence-electron chi connectivity index (χ0n) is 53.4. The molecule has 29 nitrogen and oxygen atoms in total. The Balaban J connectivity index is 3.16. The van der Waals surface area contributed by atoms with Crippen LogP contribution in [-0.2, 0) is 128 Å². The van der Waals surface area contributed by atoms with Crippen molar-refractivity contribution < 1.29 is 128 Å². The van der Waals surface area contributed by atoms with Crippen LogP contribution in [0.5, 0.6) is 0 Å². The number of rotatable bonds is 77. The molecule has 0 spiro atoms. The zero-order valence-corrected chi connectivity index (χ0v) is 53.4. The molecular weight excluding hydrogens is 1160 g/mol. The molecule has 0 radical (unpaired) electrons. The monoisotopic (exact) mass is 1270 g/mol. The van der Waals surface area contributed by atoms with Gasteiger partial charge in [0, 0.05) is 19.5 Å². The molecule has 0 heterocycles. The van der Waals surface area contributed by atoms with E-state index in [9.17, 15) is 9.59 Å². The lowest BCUT2D eigenvalue weighted by molar-refractivity contribution is -0.156. The van der Waals surface area contributed by atoms with Gasteiger partial charge in [0.25, 0.3) is 0 Å². The third kappa shape index (κ3) is 80.0. The summed E-state index contributed by atoms with van der Waals surface area (Å²) in [5.74, 6) is -0.379. The molecule has 0 aromatic carbocycles. The van der Waals surface area contributed by atoms with Gasteiger partial charge in [0.1, 0.15) is 5.60 Å². The third-order valence-electron chi connectivity index (χ3n) is 10.4. The van der Waals surface area contributed by atoms with Crippen molar-refractivity contribution in [3.8, 4) is 0 Å². The van der Waals surface area contributed by atoms with Crippen molar-refractivity contribution >= 4 is 11.9 Å². The fraction of sp³-hybridized carbons (Fsp3) is 0.966. The largest absolute Gasteiger partial charge is 0.460 e. The molecule has 87 heavy (non-hydrogen) atoms. The smallest absolute Gasteiger partial charge is 0.308 e. The van der Waals surface area contributed by atoms with Gasteiger partial charge in [0.05, 0.1) is 324 Å². The number of hydrogen-bond acceptors (Lipinski definition) is 28. The van der Waals surface area contributed by atoms with Crippen LogP contribution < -0.4 is 11.1 Å². The van der Waals surface area contributed by atoms with E-state index >= 15 is 0 Å². The number of amides is 1. The summed E-state index contributed by atoms with van der Waals surface area (Å²) in [6, 6.07) is 0. The molecule has 3 N–H and O–H groups in total. The summed E-state index contributed by atoms with van der Waals surface area (Å²) in [5, 5.41) is 2.81. The average Bonchev–Trinajstić information content (AvgIpc) is 3.51. The van der Waals surface area contributed by atoms with Gasteiger partial charge in [0.15, 0.2) is 0 Å². The zero-order chi connectivity index (χ0) is 62.8. The van der Waals surface area contributed by atoms with Gasteiger partial charge in [-0.1, -0.05) is 0 Å². The molecule has 0 bridgehead atoms. The first kappa shape index (κ1) is 84.9. The summed E-state index contributed by atoms with van der Waals surface area (Å²) >= 11 is 0. The van der Waals surface area contributed by atoms with Crippen molar-refractivity contribution in [2.24, 2.45) is 5.73 Å². The molecule has 0 saturated heterocycles. The van der Waals surface area contributed by atoms with Crippen molar-refractivity contribution in [2.45, 2.75) is 39.2 Å². The molecule has 0 aromatic heterocycles. The van der Waals surface area contributed by atoms with Gasteiger partial charge in [-0.2, -0.15) is 0 Å². The molecule has 1 amide bonds. The molecule has 0 unspecified atom stereocenters. The molecule has 0 rings (SSSR count). The predicted octanol–water partition coefficient (Wildman–Crippen LogP) is 0.582. The van der Waals surface area contributed by atoms with E-state index in [0.717, 1.165) is 0 Å². The Morgan fingerprint density at radius 1 is 0.241 bits per heavy atom. The van der Waals surface area contributed by atoms with Crippen LogP contribution >= 0.6 is 0 Å². The van der Waals surface area contributed by atoms with Crippen LogP contribution in [0.3, 0.4) is 0 Å². The SMILES string of the molecule is CC(C)(C)OC(=O)CCOCCOCCOCCOCCOCCOCCOCCOCCOCCOCCOCCOCCNC(=O)CCOCCOCCOCCOCCOCCOCCOCCOCCOCCOCCOCCOCCN. The van der Waals surface area contributed by atoms with Gasteiger partial charge in [0.2, 0.25) is 5.91 Å². The van der Waals surface area contributed by atoms with Crippen molar-refractivity contribution in [3.05, 3.63) is 0 Å². The van der Waals surface area contributed by atoms with Crippen LogP contribution in [0.25, 0.3) is 0 Å². The van der Waals surface area contributed by atoms with Gasteiger partial charge in [-0.15, -0.1) is 0 Å². The second-order valence-corrected chi connectivity index (χ2v) is 18.9. The van der Waals surface area contributed by atoms with Crippen molar-refractivity contribution in [1.82, 2.24) is 5.32 Å². The standard InChI is InChI=1S/C58H116N2O27/c1-58(2,3)87-57(62)5-9-64-13-17-68-21-25-72-29-33-76-37-41-80-45-49-84-53-55-86-51-47-82-43-39-78-35-31-74-27-23-70-19-15-66-11-7-60-56(61)4-8-63-12-16-67-20-24-71-28-32-75-36-40-79-44-48-83-52-54-85-50-46-81-42-38-77-34-30-73-26-22-69-18-14-65-10-6-59/h4-55,59H2,1-3H3,(H,60,61). The number of ether oxygens (including phenoxy) is 25. The Morgan fingerprint density at radius 2 is 0.402 bits per heavy atom. The number of esters is 1. The maximum Gasteiger partial charge on any atom is 0.308 e. The second kappa shape index (κ2) is 74.7. The van der Waals surface area contributed by atoms with Gasteiger partial charge in [-0.3, -0.25) is 9.59 Å². The molecule has 0 aliphatic rings. The number of hydrogen-bond donors (Lipinski definition) is 2. The van der Waals surface area contributed by atoms with Crippen LogP contribution in [0, 0.1) is 0 Å².